The van der Waals surface area contributed by atoms with Gasteiger partial charge >= 0.3 is 0 Å². The zero-order valence-corrected chi connectivity index (χ0v) is 10.9. The van der Waals surface area contributed by atoms with E-state index in [-0.39, 0.29) is 0 Å². The molecule has 1 aliphatic carbocycles. The number of nitrogens with two attached hydrogens (primary N) is 1. The predicted octanol–water partition coefficient (Wildman–Crippen LogP) is 3.38. The molecule has 17 heavy (non-hydrogen) atoms. The van der Waals surface area contributed by atoms with Gasteiger partial charge in [0.2, 0.25) is 0 Å². The Morgan fingerprint density at radius 2 is 1.94 bits per heavy atom. The van der Waals surface area contributed by atoms with E-state index in [9.17, 15) is 0 Å². The van der Waals surface area contributed by atoms with Crippen molar-refractivity contribution in [1.29, 1.82) is 0 Å². The maximum Gasteiger partial charge on any atom is 0.122 e. The zero-order valence-electron chi connectivity index (χ0n) is 10.9. The molecule has 2 N–H and O–H groups in total. The summed E-state index contributed by atoms with van der Waals surface area (Å²) in [6, 6.07) is 7.05. The van der Waals surface area contributed by atoms with Gasteiger partial charge in [0.1, 0.15) is 5.75 Å². The maximum absolute atomic E-state index is 5.95. The Bertz CT molecular complexity index is 367. The van der Waals surface area contributed by atoms with Crippen LogP contribution in [0.15, 0.2) is 18.2 Å². The number of hydrogen-bond donors (Lipinski definition) is 1. The first-order valence-electron chi connectivity index (χ1n) is 6.69. The molecule has 0 spiro atoms. The Morgan fingerprint density at radius 1 is 1.24 bits per heavy atom. The minimum absolute atomic E-state index is 0.426. The molecule has 2 heteroatoms. The van der Waals surface area contributed by atoms with E-state index in [1.54, 1.807) is 0 Å². The molecule has 0 aromatic heterocycles. The topological polar surface area (TPSA) is 35.2 Å². The highest BCUT2D eigenvalue weighted by Crippen LogP contribution is 2.34. The minimum atomic E-state index is 0.426. The van der Waals surface area contributed by atoms with Gasteiger partial charge in [-0.3, -0.25) is 0 Å². The van der Waals surface area contributed by atoms with Gasteiger partial charge in [0.05, 0.1) is 6.61 Å². The average molecular weight is 233 g/mol. The second-order valence-corrected chi connectivity index (χ2v) is 5.07. The summed E-state index contributed by atoms with van der Waals surface area (Å²) in [6.45, 7) is 4.89. The van der Waals surface area contributed by atoms with Gasteiger partial charge in [-0.25, -0.2) is 0 Å². The van der Waals surface area contributed by atoms with Gasteiger partial charge in [0.25, 0.3) is 0 Å². The monoisotopic (exact) mass is 233 g/mol. The second kappa shape index (κ2) is 5.54. The second-order valence-electron chi connectivity index (χ2n) is 5.07. The van der Waals surface area contributed by atoms with Gasteiger partial charge in [0.15, 0.2) is 0 Å². The summed E-state index contributed by atoms with van der Waals surface area (Å²) >= 11 is 0. The van der Waals surface area contributed by atoms with Gasteiger partial charge < -0.3 is 10.5 Å². The summed E-state index contributed by atoms with van der Waals surface area (Å²) in [5.74, 6) is 1.72. The normalized spacial score (nSPS) is 24.6. The molecule has 1 fully saturated rings. The number of hydrogen-bond acceptors (Lipinski definition) is 2. The Balaban J connectivity index is 2.09. The Hall–Kier alpha value is -1.02. The molecule has 0 heterocycles. The fourth-order valence-corrected chi connectivity index (χ4v) is 2.70. The van der Waals surface area contributed by atoms with E-state index in [1.165, 1.54) is 24.0 Å². The van der Waals surface area contributed by atoms with E-state index in [1.807, 2.05) is 6.92 Å². The highest BCUT2D eigenvalue weighted by Gasteiger charge is 2.20. The van der Waals surface area contributed by atoms with Crippen molar-refractivity contribution in [3.8, 4) is 5.75 Å². The van der Waals surface area contributed by atoms with Crippen LogP contribution in [0.4, 0.5) is 0 Å². The summed E-state index contributed by atoms with van der Waals surface area (Å²) < 4.78 is 5.58. The number of rotatable bonds is 3. The molecule has 0 amide bonds. The Kier molecular flexibility index (Phi) is 4.06. The van der Waals surface area contributed by atoms with Crippen LogP contribution in [0.3, 0.4) is 0 Å². The minimum Gasteiger partial charge on any atom is -0.494 e. The Morgan fingerprint density at radius 3 is 2.53 bits per heavy atom. The van der Waals surface area contributed by atoms with Crippen LogP contribution < -0.4 is 10.5 Å². The molecule has 1 saturated carbocycles. The van der Waals surface area contributed by atoms with Crippen molar-refractivity contribution in [1.82, 2.24) is 0 Å². The lowest BCUT2D eigenvalue weighted by Gasteiger charge is -2.26. The number of benzene rings is 1. The van der Waals surface area contributed by atoms with Crippen LogP contribution in [0.5, 0.6) is 5.75 Å². The summed E-state index contributed by atoms with van der Waals surface area (Å²) in [7, 11) is 0. The molecule has 1 aromatic rings. The summed E-state index contributed by atoms with van der Waals surface area (Å²) in [5.41, 5.74) is 8.65. The van der Waals surface area contributed by atoms with Crippen molar-refractivity contribution in [3.63, 3.8) is 0 Å². The summed E-state index contributed by atoms with van der Waals surface area (Å²) in [5, 5.41) is 0. The lowest BCUT2D eigenvalue weighted by atomic mass is 9.81. The van der Waals surface area contributed by atoms with Crippen LogP contribution in [0.1, 0.15) is 49.7 Å². The smallest absolute Gasteiger partial charge is 0.122 e. The molecule has 1 aromatic carbocycles. The highest BCUT2D eigenvalue weighted by molar-refractivity contribution is 5.37. The Labute approximate surface area is 104 Å². The molecule has 1 aliphatic rings. The van der Waals surface area contributed by atoms with Crippen molar-refractivity contribution < 1.29 is 4.74 Å². The molecule has 0 bridgehead atoms. The first-order valence-corrected chi connectivity index (χ1v) is 6.69. The molecule has 0 saturated heterocycles. The molecule has 94 valence electrons. The number of aryl methyl sites for hydroxylation is 1. The zero-order chi connectivity index (χ0) is 12.3. The summed E-state index contributed by atoms with van der Waals surface area (Å²) in [4.78, 5) is 0. The van der Waals surface area contributed by atoms with Crippen LogP contribution >= 0.6 is 0 Å². The lowest BCUT2D eigenvalue weighted by molar-refractivity contribution is 0.337. The quantitative estimate of drug-likeness (QED) is 0.868. The first-order chi connectivity index (χ1) is 8.20. The third kappa shape index (κ3) is 3.01. The standard InChI is InChI=1S/C15H23NO/c1-3-17-15-9-6-13(10-11(15)2)12-4-7-14(16)8-5-12/h6,9-10,12,14H,3-5,7-8,16H2,1-2H3. The fourth-order valence-electron chi connectivity index (χ4n) is 2.70. The molecule has 2 nitrogen and oxygen atoms in total. The average Bonchev–Trinajstić information content (AvgIpc) is 2.33. The van der Waals surface area contributed by atoms with Gasteiger partial charge in [-0.2, -0.15) is 0 Å². The SMILES string of the molecule is CCOc1ccc(C2CCC(N)CC2)cc1C. The summed E-state index contributed by atoms with van der Waals surface area (Å²) in [6.07, 6.45) is 4.79. The van der Waals surface area contributed by atoms with E-state index in [0.29, 0.717) is 12.0 Å². The van der Waals surface area contributed by atoms with Crippen LogP contribution in [-0.4, -0.2) is 12.6 Å². The van der Waals surface area contributed by atoms with Crippen molar-refractivity contribution in [2.75, 3.05) is 6.61 Å². The molecule has 0 aliphatic heterocycles. The highest BCUT2D eigenvalue weighted by atomic mass is 16.5. The van der Waals surface area contributed by atoms with Gasteiger partial charge in [-0.15, -0.1) is 0 Å². The molecular weight excluding hydrogens is 210 g/mol. The first kappa shape index (κ1) is 12.4. The van der Waals surface area contributed by atoms with Gasteiger partial charge in [-0.1, -0.05) is 12.1 Å². The number of ether oxygens (including phenoxy) is 1. The fraction of sp³-hybridized carbons (Fsp3) is 0.600. The van der Waals surface area contributed by atoms with Gasteiger partial charge in [0, 0.05) is 6.04 Å². The van der Waals surface area contributed by atoms with Crippen LogP contribution in [0.2, 0.25) is 0 Å². The lowest BCUT2D eigenvalue weighted by Crippen LogP contribution is -2.25. The third-order valence-corrected chi connectivity index (χ3v) is 3.74. The van der Waals surface area contributed by atoms with Crippen molar-refractivity contribution >= 4 is 0 Å². The van der Waals surface area contributed by atoms with E-state index in [0.717, 1.165) is 25.2 Å². The molecular formula is C15H23NO. The predicted molar refractivity (Wildman–Crippen MR) is 71.5 cm³/mol. The molecule has 0 radical (unpaired) electrons. The van der Waals surface area contributed by atoms with Crippen molar-refractivity contribution in [3.05, 3.63) is 29.3 Å². The molecule has 2 rings (SSSR count). The van der Waals surface area contributed by atoms with Gasteiger partial charge in [-0.05, 0) is 62.6 Å². The van der Waals surface area contributed by atoms with E-state index < -0.39 is 0 Å². The molecule has 0 unspecified atom stereocenters. The van der Waals surface area contributed by atoms with E-state index >= 15 is 0 Å². The van der Waals surface area contributed by atoms with Crippen molar-refractivity contribution in [2.45, 2.75) is 51.5 Å². The largest absolute Gasteiger partial charge is 0.494 e. The third-order valence-electron chi connectivity index (χ3n) is 3.74. The van der Waals surface area contributed by atoms with Crippen molar-refractivity contribution in [2.24, 2.45) is 5.73 Å². The maximum atomic E-state index is 5.95. The van der Waals surface area contributed by atoms with Crippen LogP contribution in [0, 0.1) is 6.92 Å². The van der Waals surface area contributed by atoms with Crippen LogP contribution in [-0.2, 0) is 0 Å². The van der Waals surface area contributed by atoms with Crippen LogP contribution in [0.25, 0.3) is 0 Å². The van der Waals surface area contributed by atoms with E-state index in [4.69, 9.17) is 10.5 Å². The van der Waals surface area contributed by atoms with E-state index in [2.05, 4.69) is 25.1 Å². The molecule has 0 atom stereocenters.